The minimum Gasteiger partial charge on any atom is -0.446 e. The van der Waals surface area contributed by atoms with E-state index >= 15 is 0 Å². The summed E-state index contributed by atoms with van der Waals surface area (Å²) in [6.45, 7) is 8.58. The summed E-state index contributed by atoms with van der Waals surface area (Å²) in [7, 11) is 0. The number of carbonyl (C=O) groups is 3. The number of carbonyl (C=O) groups excluding carboxylic acids is 3. The Morgan fingerprint density at radius 2 is 1.40 bits per heavy atom. The second-order valence-corrected chi connectivity index (χ2v) is 24.3. The van der Waals surface area contributed by atoms with Gasteiger partial charge in [0.2, 0.25) is 0 Å². The van der Waals surface area contributed by atoms with Crippen LogP contribution in [-0.2, 0) is 42.7 Å². The van der Waals surface area contributed by atoms with Crippen molar-refractivity contribution >= 4 is 41.9 Å². The van der Waals surface area contributed by atoms with Crippen molar-refractivity contribution in [3.8, 4) is 0 Å². The predicted octanol–water partition coefficient (Wildman–Crippen LogP) is 5.50. The number of hydrogen-bond acceptors (Lipinski definition) is 18. The van der Waals surface area contributed by atoms with E-state index < -0.39 is 92.6 Å². The van der Waals surface area contributed by atoms with Crippen molar-refractivity contribution < 1.29 is 77.8 Å². The van der Waals surface area contributed by atoms with Crippen molar-refractivity contribution in [2.45, 2.75) is 175 Å². The number of fused-ring (bicyclic) bond motifs is 7. The Labute approximate surface area is 434 Å². The topological polar surface area (TPSA) is 250 Å². The molecule has 4 aliphatic carbocycles. The van der Waals surface area contributed by atoms with Crippen LogP contribution in [-0.4, -0.2) is 143 Å². The zero-order valence-corrected chi connectivity index (χ0v) is 43.4. The molecule has 402 valence electrons. The number of Topliss-reactive ketones (excluding diaryl/α,β-unsaturated/α-hetero) is 1. The van der Waals surface area contributed by atoms with Crippen molar-refractivity contribution in [1.82, 2.24) is 9.44 Å². The highest BCUT2D eigenvalue weighted by molar-refractivity contribution is 7.98. The quantitative estimate of drug-likeness (QED) is 0.102. The van der Waals surface area contributed by atoms with Crippen LogP contribution in [0.2, 0.25) is 0 Å². The lowest BCUT2D eigenvalue weighted by atomic mass is 9.44. The smallest absolute Gasteiger partial charge is 0.417 e. The van der Waals surface area contributed by atoms with Gasteiger partial charge in [0, 0.05) is 34.5 Å². The molecule has 0 bridgehead atoms. The molecule has 4 saturated carbocycles. The molecule has 73 heavy (non-hydrogen) atoms. The summed E-state index contributed by atoms with van der Waals surface area (Å²) in [5, 5.41) is 56.6. The number of nitrogens with one attached hydrogen (secondary N) is 2. The van der Waals surface area contributed by atoms with E-state index in [2.05, 4.69) is 37.1 Å². The van der Waals surface area contributed by atoms with Gasteiger partial charge in [0.25, 0.3) is 0 Å². The fourth-order valence-corrected chi connectivity index (χ4v) is 15.8. The lowest BCUT2D eigenvalue weighted by Crippen LogP contribution is -2.65. The van der Waals surface area contributed by atoms with Gasteiger partial charge in [-0.25, -0.2) is 9.59 Å². The number of rotatable bonds is 12. The first-order valence-electron chi connectivity index (χ1n) is 26.1. The number of benzene rings is 2. The first-order valence-corrected chi connectivity index (χ1v) is 27.8. The van der Waals surface area contributed by atoms with Crippen molar-refractivity contribution in [2.75, 3.05) is 19.8 Å². The molecule has 18 nitrogen and oxygen atoms in total. The highest BCUT2D eigenvalue weighted by Crippen LogP contribution is 2.70. The van der Waals surface area contributed by atoms with Gasteiger partial charge in [0.05, 0.1) is 25.4 Å². The van der Waals surface area contributed by atoms with Crippen LogP contribution in [0.4, 0.5) is 9.59 Å². The molecule has 0 aromatic heterocycles. The molecule has 5 unspecified atom stereocenters. The summed E-state index contributed by atoms with van der Waals surface area (Å²) in [5.41, 5.74) is -0.377. The lowest BCUT2D eigenvalue weighted by Gasteiger charge is -2.60. The third-order valence-corrected chi connectivity index (χ3v) is 19.8. The Morgan fingerprint density at radius 3 is 2.05 bits per heavy atom. The Morgan fingerprint density at radius 1 is 0.753 bits per heavy atom. The average Bonchev–Trinajstić information content (AvgIpc) is 3.83. The van der Waals surface area contributed by atoms with Crippen molar-refractivity contribution in [1.29, 1.82) is 0 Å². The molecular weight excluding hydrogens is 985 g/mol. The van der Waals surface area contributed by atoms with Gasteiger partial charge < -0.3 is 63.4 Å². The van der Waals surface area contributed by atoms with E-state index in [4.69, 9.17) is 37.9 Å². The van der Waals surface area contributed by atoms with Gasteiger partial charge >= 0.3 is 12.2 Å². The fourth-order valence-electron chi connectivity index (χ4n) is 14.7. The third kappa shape index (κ3) is 10.3. The van der Waals surface area contributed by atoms with Gasteiger partial charge in [0.15, 0.2) is 24.5 Å². The van der Waals surface area contributed by atoms with E-state index in [1.807, 2.05) is 12.1 Å². The van der Waals surface area contributed by atoms with E-state index in [1.165, 1.54) is 0 Å². The van der Waals surface area contributed by atoms with Crippen LogP contribution in [0, 0.1) is 52.3 Å². The Balaban J connectivity index is 0.762. The fraction of sp³-hybridized carbons (Fsp3) is 0.717. The van der Waals surface area contributed by atoms with Crippen LogP contribution in [0.15, 0.2) is 70.5 Å². The second-order valence-electron chi connectivity index (χ2n) is 22.5. The van der Waals surface area contributed by atoms with Gasteiger partial charge in [-0.2, -0.15) is 0 Å². The van der Waals surface area contributed by atoms with Gasteiger partial charge in [-0.1, -0.05) is 64.1 Å². The van der Waals surface area contributed by atoms with Crippen molar-refractivity contribution in [2.24, 2.45) is 52.3 Å². The zero-order chi connectivity index (χ0) is 51.4. The van der Waals surface area contributed by atoms with Crippen molar-refractivity contribution in [3.63, 3.8) is 0 Å². The minimum absolute atomic E-state index is 0.0642. The van der Waals surface area contributed by atoms with E-state index in [0.717, 1.165) is 67.3 Å². The molecule has 2 amide bonds. The summed E-state index contributed by atoms with van der Waals surface area (Å²) in [6, 6.07) is 17.9. The monoisotopic (exact) mass is 1060 g/mol. The van der Waals surface area contributed by atoms with Gasteiger partial charge in [-0.05, 0) is 134 Å². The van der Waals surface area contributed by atoms with Gasteiger partial charge in [-0.15, -0.1) is 0 Å². The number of aliphatic hydroxyl groups is 5. The van der Waals surface area contributed by atoms with E-state index in [0.29, 0.717) is 48.4 Å². The number of aliphatic hydroxyl groups excluding tert-OH is 5. The minimum atomic E-state index is -1.91. The molecule has 2 aromatic carbocycles. The largest absolute Gasteiger partial charge is 0.446 e. The Kier molecular flexibility index (Phi) is 15.9. The molecule has 8 aliphatic rings. The molecule has 0 radical (unpaired) electrons. The highest BCUT2D eigenvalue weighted by atomic mass is 32.2. The zero-order valence-electron chi connectivity index (χ0n) is 41.8. The Bertz CT molecular complexity index is 2250. The maximum absolute atomic E-state index is 14.7. The maximum atomic E-state index is 14.7. The second kappa shape index (κ2) is 21.7. The molecule has 4 heterocycles. The van der Waals surface area contributed by atoms with Crippen LogP contribution >= 0.6 is 23.9 Å². The molecule has 2 aromatic rings. The van der Waals surface area contributed by atoms with Crippen LogP contribution < -0.4 is 9.44 Å². The predicted molar refractivity (Wildman–Crippen MR) is 263 cm³/mol. The normalized spacial score (nSPS) is 45.1. The van der Waals surface area contributed by atoms with E-state index in [-0.39, 0.29) is 52.6 Å². The highest BCUT2D eigenvalue weighted by Gasteiger charge is 2.71. The molecule has 8 fully saturated rings. The summed E-state index contributed by atoms with van der Waals surface area (Å²) in [4.78, 5) is 41.9. The summed E-state index contributed by atoms with van der Waals surface area (Å²) in [6.07, 6.45) is -11.0. The SMILES string of the molecule is C[C@@H]1CC[C@@]2(OC1)OC1CC3C4CC[C@H]5C[C@@H](O[C@@H]6O[C@@H](CO)[C@@H](O[C@@H]7O[C@@H](COC(=O)NSc8ccccc8)[C@@H](OC(=O)NSc8ccccc8)[C@H](O)[C@@H]7O)[C@H](O)[C@@H]6O)CC[C@]5(C)C4C(=O)C[C@]3(C)C1[C@@H]2C. The molecule has 4 saturated heterocycles. The summed E-state index contributed by atoms with van der Waals surface area (Å²) < 4.78 is 54.0. The standard InChI is InChI=1S/C53H72N2O16S2/c1-27-17-20-53(65-25-27)28(2)39-36(71-53)22-34-33-16-15-29-21-30(18-19-51(29,3)40(33)35(57)23-52(34,39)4)66-47-43(60)41(58)45(37(24-56)67-47)69-48-44(61)42(59)46(70-50(63)55-73-32-13-9-6-10-14-32)38(68-48)26-64-49(62)54-72-31-11-7-5-8-12-31/h5-14,27-30,33-34,36-48,56,58-61H,15-26H2,1-4H3,(H,54,62)(H,55,63)/t27-,28+,29+,30+,33?,34?,36?,37+,38+,39?,40?,41-,42-,43+,44+,45-,46-,47-,48+,51+,52+,53-/m1/s1. The molecule has 7 N–H and O–H groups in total. The maximum Gasteiger partial charge on any atom is 0.417 e. The number of ether oxygens (including phenoxy) is 8. The lowest BCUT2D eigenvalue weighted by molar-refractivity contribution is -0.363. The summed E-state index contributed by atoms with van der Waals surface area (Å²) >= 11 is 1.94. The molecule has 1 spiro atoms. The van der Waals surface area contributed by atoms with E-state index in [1.54, 1.807) is 48.5 Å². The molecule has 10 rings (SSSR count). The number of ketones is 1. The number of hydrogen-bond donors (Lipinski definition) is 7. The molecule has 22 atom stereocenters. The van der Waals surface area contributed by atoms with Crippen molar-refractivity contribution in [3.05, 3.63) is 60.7 Å². The first kappa shape index (κ1) is 53.3. The van der Waals surface area contributed by atoms with Crippen LogP contribution in [0.3, 0.4) is 0 Å². The Hall–Kier alpha value is -3.09. The third-order valence-electron chi connectivity index (χ3n) is 18.3. The molecule has 20 heteroatoms. The van der Waals surface area contributed by atoms with Gasteiger partial charge in [0.1, 0.15) is 55.1 Å². The average molecular weight is 1060 g/mol. The molecule has 4 aliphatic heterocycles. The molecular formula is C53H72N2O16S2. The summed E-state index contributed by atoms with van der Waals surface area (Å²) in [5.74, 6) is 1.61. The van der Waals surface area contributed by atoms with Crippen LogP contribution in [0.5, 0.6) is 0 Å². The number of amides is 2. The first-order chi connectivity index (χ1) is 35.0. The van der Waals surface area contributed by atoms with E-state index in [9.17, 15) is 39.9 Å². The van der Waals surface area contributed by atoms with Crippen LogP contribution in [0.25, 0.3) is 0 Å². The van der Waals surface area contributed by atoms with Crippen LogP contribution in [0.1, 0.15) is 85.5 Å². The van der Waals surface area contributed by atoms with Gasteiger partial charge in [-0.3, -0.25) is 14.2 Å².